The third-order valence-corrected chi connectivity index (χ3v) is 2.30. The van der Waals surface area contributed by atoms with E-state index in [1.165, 1.54) is 0 Å². The van der Waals surface area contributed by atoms with Gasteiger partial charge < -0.3 is 4.42 Å². The van der Waals surface area contributed by atoms with Crippen molar-refractivity contribution in [1.82, 2.24) is 0 Å². The molecule has 0 saturated carbocycles. The highest BCUT2D eigenvalue weighted by atomic mass is 35.5. The summed E-state index contributed by atoms with van der Waals surface area (Å²) < 4.78 is 5.11. The molecule has 0 saturated heterocycles. The van der Waals surface area contributed by atoms with Crippen LogP contribution >= 0.6 is 23.2 Å². The molecule has 0 amide bonds. The standard InChI is InChI=1S/C8H4Cl2O/c9-6-2-1-5-3-4-11-8(5)7(6)10/h1-4H. The predicted molar refractivity (Wildman–Crippen MR) is 46.2 cm³/mol. The Morgan fingerprint density at radius 1 is 1.09 bits per heavy atom. The first-order valence-corrected chi connectivity index (χ1v) is 3.86. The molecule has 0 N–H and O–H groups in total. The lowest BCUT2D eigenvalue weighted by Gasteiger charge is -1.93. The van der Waals surface area contributed by atoms with Crippen molar-refractivity contribution in [2.24, 2.45) is 0 Å². The van der Waals surface area contributed by atoms with E-state index >= 15 is 0 Å². The number of fused-ring (bicyclic) bond motifs is 1. The summed E-state index contributed by atoms with van der Waals surface area (Å²) in [5.74, 6) is 0. The minimum Gasteiger partial charge on any atom is -0.463 e. The van der Waals surface area contributed by atoms with Crippen LogP contribution in [0.5, 0.6) is 0 Å². The first-order chi connectivity index (χ1) is 5.29. The van der Waals surface area contributed by atoms with Gasteiger partial charge in [0.25, 0.3) is 0 Å². The Balaban J connectivity index is 2.93. The summed E-state index contributed by atoms with van der Waals surface area (Å²) in [5.41, 5.74) is 0.652. The third-order valence-electron chi connectivity index (χ3n) is 1.51. The maximum atomic E-state index is 5.84. The van der Waals surface area contributed by atoms with Crippen LogP contribution in [0.1, 0.15) is 0 Å². The third kappa shape index (κ3) is 1.01. The Morgan fingerprint density at radius 2 is 1.91 bits per heavy atom. The van der Waals surface area contributed by atoms with E-state index < -0.39 is 0 Å². The molecule has 0 bridgehead atoms. The average molecular weight is 187 g/mol. The minimum absolute atomic E-state index is 0.481. The van der Waals surface area contributed by atoms with Gasteiger partial charge in [0.15, 0.2) is 5.58 Å². The van der Waals surface area contributed by atoms with Gasteiger partial charge in [-0.25, -0.2) is 0 Å². The van der Waals surface area contributed by atoms with Gasteiger partial charge in [-0.15, -0.1) is 0 Å². The molecule has 11 heavy (non-hydrogen) atoms. The van der Waals surface area contributed by atoms with Crippen LogP contribution < -0.4 is 0 Å². The molecule has 1 aromatic carbocycles. The highest BCUT2D eigenvalue weighted by Gasteiger charge is 2.04. The Morgan fingerprint density at radius 3 is 2.73 bits per heavy atom. The van der Waals surface area contributed by atoms with Crippen LogP contribution in [0.3, 0.4) is 0 Å². The molecule has 0 spiro atoms. The monoisotopic (exact) mass is 186 g/mol. The van der Waals surface area contributed by atoms with Crippen molar-refractivity contribution in [2.45, 2.75) is 0 Å². The number of rotatable bonds is 0. The molecule has 2 aromatic rings. The highest BCUT2D eigenvalue weighted by molar-refractivity contribution is 6.44. The second-order valence-corrected chi connectivity index (χ2v) is 2.99. The second kappa shape index (κ2) is 2.43. The predicted octanol–water partition coefficient (Wildman–Crippen LogP) is 3.74. The molecule has 0 aliphatic carbocycles. The van der Waals surface area contributed by atoms with Gasteiger partial charge in [0.2, 0.25) is 0 Å². The van der Waals surface area contributed by atoms with Crippen molar-refractivity contribution < 1.29 is 4.42 Å². The van der Waals surface area contributed by atoms with Crippen LogP contribution in [0.4, 0.5) is 0 Å². The summed E-state index contributed by atoms with van der Waals surface area (Å²) in [6, 6.07) is 5.46. The van der Waals surface area contributed by atoms with Gasteiger partial charge in [0.1, 0.15) is 5.02 Å². The molecule has 2 rings (SSSR count). The van der Waals surface area contributed by atoms with Crippen molar-refractivity contribution in [2.75, 3.05) is 0 Å². The lowest BCUT2D eigenvalue weighted by Crippen LogP contribution is -1.68. The summed E-state index contributed by atoms with van der Waals surface area (Å²) in [6.45, 7) is 0. The van der Waals surface area contributed by atoms with E-state index in [4.69, 9.17) is 27.6 Å². The van der Waals surface area contributed by atoms with Crippen molar-refractivity contribution in [3.8, 4) is 0 Å². The van der Waals surface area contributed by atoms with Crippen molar-refractivity contribution in [3.63, 3.8) is 0 Å². The Bertz CT molecular complexity index is 392. The summed E-state index contributed by atoms with van der Waals surface area (Å²) in [5, 5.41) is 1.97. The van der Waals surface area contributed by atoms with E-state index in [2.05, 4.69) is 0 Å². The molecule has 1 heterocycles. The summed E-state index contributed by atoms with van der Waals surface area (Å²) in [7, 11) is 0. The molecule has 3 heteroatoms. The Hall–Kier alpha value is -0.660. The molecule has 0 fully saturated rings. The zero-order valence-corrected chi connectivity index (χ0v) is 6.99. The van der Waals surface area contributed by atoms with Gasteiger partial charge in [-0.1, -0.05) is 23.2 Å². The molecule has 1 nitrogen and oxygen atoms in total. The van der Waals surface area contributed by atoms with Gasteiger partial charge in [-0.2, -0.15) is 0 Å². The van der Waals surface area contributed by atoms with Gasteiger partial charge in [-0.05, 0) is 18.2 Å². The van der Waals surface area contributed by atoms with Crippen LogP contribution in [0.2, 0.25) is 10.0 Å². The lowest BCUT2D eigenvalue weighted by atomic mass is 10.3. The fraction of sp³-hybridized carbons (Fsp3) is 0. The van der Waals surface area contributed by atoms with Crippen LogP contribution in [-0.2, 0) is 0 Å². The number of benzene rings is 1. The van der Waals surface area contributed by atoms with E-state index in [9.17, 15) is 0 Å². The molecule has 0 radical (unpaired) electrons. The van der Waals surface area contributed by atoms with Crippen LogP contribution in [0, 0.1) is 0 Å². The summed E-state index contributed by atoms with van der Waals surface area (Å²) >= 11 is 11.6. The van der Waals surface area contributed by atoms with E-state index in [1.807, 2.05) is 12.1 Å². The quantitative estimate of drug-likeness (QED) is 0.612. The number of hydrogen-bond donors (Lipinski definition) is 0. The van der Waals surface area contributed by atoms with Crippen LogP contribution in [-0.4, -0.2) is 0 Å². The topological polar surface area (TPSA) is 13.1 Å². The minimum atomic E-state index is 0.481. The zero-order valence-electron chi connectivity index (χ0n) is 5.47. The molecule has 0 atom stereocenters. The van der Waals surface area contributed by atoms with Gasteiger partial charge in [-0.3, -0.25) is 0 Å². The maximum absolute atomic E-state index is 5.84. The van der Waals surface area contributed by atoms with Gasteiger partial charge in [0.05, 0.1) is 11.3 Å². The average Bonchev–Trinajstić information content (AvgIpc) is 2.45. The first-order valence-electron chi connectivity index (χ1n) is 3.10. The lowest BCUT2D eigenvalue weighted by molar-refractivity contribution is 0.616. The SMILES string of the molecule is Clc1ccc2ccoc2c1Cl. The molecule has 0 aliphatic rings. The Labute approximate surface area is 73.5 Å². The van der Waals surface area contributed by atoms with Gasteiger partial charge in [0, 0.05) is 5.39 Å². The number of hydrogen-bond acceptors (Lipinski definition) is 1. The molecular weight excluding hydrogens is 183 g/mol. The van der Waals surface area contributed by atoms with Crippen LogP contribution in [0.15, 0.2) is 28.9 Å². The number of halogens is 2. The molecular formula is C8H4Cl2O. The van der Waals surface area contributed by atoms with E-state index in [0.29, 0.717) is 15.6 Å². The molecule has 56 valence electrons. The smallest absolute Gasteiger partial charge is 0.153 e. The fourth-order valence-corrected chi connectivity index (χ4v) is 1.34. The van der Waals surface area contributed by atoms with E-state index in [-0.39, 0.29) is 0 Å². The first kappa shape index (κ1) is 7.01. The van der Waals surface area contributed by atoms with Crippen molar-refractivity contribution in [1.29, 1.82) is 0 Å². The van der Waals surface area contributed by atoms with Crippen molar-refractivity contribution in [3.05, 3.63) is 34.5 Å². The van der Waals surface area contributed by atoms with E-state index in [0.717, 1.165) is 5.39 Å². The molecule has 0 aliphatic heterocycles. The van der Waals surface area contributed by atoms with Crippen molar-refractivity contribution >= 4 is 34.2 Å². The number of furan rings is 1. The second-order valence-electron chi connectivity index (χ2n) is 2.20. The summed E-state index contributed by atoms with van der Waals surface area (Å²) in [4.78, 5) is 0. The maximum Gasteiger partial charge on any atom is 0.153 e. The van der Waals surface area contributed by atoms with Crippen LogP contribution in [0.25, 0.3) is 11.0 Å². The summed E-state index contributed by atoms with van der Waals surface area (Å²) in [6.07, 6.45) is 1.59. The molecule has 1 aromatic heterocycles. The zero-order chi connectivity index (χ0) is 7.84. The highest BCUT2D eigenvalue weighted by Crippen LogP contribution is 2.30. The van der Waals surface area contributed by atoms with E-state index in [1.54, 1.807) is 12.3 Å². The largest absolute Gasteiger partial charge is 0.463 e. The Kier molecular flexibility index (Phi) is 1.55. The molecule has 0 unspecified atom stereocenters. The van der Waals surface area contributed by atoms with Gasteiger partial charge >= 0.3 is 0 Å². The fourth-order valence-electron chi connectivity index (χ4n) is 0.973. The normalized spacial score (nSPS) is 10.7.